The molecule has 2 N–H and O–H groups in total. The number of benzene rings is 1. The van der Waals surface area contributed by atoms with E-state index in [1.165, 1.54) is 25.7 Å². The number of nitrogens with one attached hydrogen (secondary N) is 2. The summed E-state index contributed by atoms with van der Waals surface area (Å²) in [6.45, 7) is 5.10. The minimum absolute atomic E-state index is 0.0138. The van der Waals surface area contributed by atoms with Crippen LogP contribution >= 0.6 is 0 Å². The fraction of sp³-hybridized carbons (Fsp3) is 0.619. The smallest absolute Gasteiger partial charge is 0.253 e. The van der Waals surface area contributed by atoms with E-state index in [2.05, 4.69) is 22.5 Å². The fourth-order valence-electron chi connectivity index (χ4n) is 3.11. The minimum atomic E-state index is 0.0138. The van der Waals surface area contributed by atoms with E-state index in [-0.39, 0.29) is 5.91 Å². The Labute approximate surface area is 163 Å². The largest absolute Gasteiger partial charge is 0.378 e. The molecule has 1 aliphatic carbocycles. The number of rotatable bonds is 9. The van der Waals surface area contributed by atoms with Crippen molar-refractivity contribution in [3.8, 4) is 0 Å². The summed E-state index contributed by atoms with van der Waals surface area (Å²) in [5.74, 6) is 0.826. The molecular weight excluding hydrogens is 340 g/mol. The van der Waals surface area contributed by atoms with E-state index in [4.69, 9.17) is 4.74 Å². The van der Waals surface area contributed by atoms with Gasteiger partial charge in [-0.1, -0.05) is 25.0 Å². The van der Waals surface area contributed by atoms with E-state index in [1.807, 2.05) is 24.3 Å². The average Bonchev–Trinajstić information content (AvgIpc) is 3.19. The third-order valence-corrected chi connectivity index (χ3v) is 4.64. The molecule has 0 bridgehead atoms. The van der Waals surface area contributed by atoms with Crippen LogP contribution in [-0.4, -0.2) is 56.7 Å². The van der Waals surface area contributed by atoms with Gasteiger partial charge in [0, 0.05) is 39.4 Å². The number of ether oxygens (including phenoxy) is 1. The minimum Gasteiger partial charge on any atom is -0.378 e. The third-order valence-electron chi connectivity index (χ3n) is 4.64. The molecule has 0 heterocycles. The van der Waals surface area contributed by atoms with Crippen LogP contribution in [0.4, 0.5) is 0 Å². The molecule has 2 rings (SSSR count). The summed E-state index contributed by atoms with van der Waals surface area (Å²) in [6.07, 6.45) is 6.51. The van der Waals surface area contributed by atoms with Crippen molar-refractivity contribution in [2.75, 3.05) is 33.8 Å². The van der Waals surface area contributed by atoms with Crippen molar-refractivity contribution in [3.63, 3.8) is 0 Å². The predicted octanol–water partition coefficient (Wildman–Crippen LogP) is 2.79. The number of hydrogen-bond acceptors (Lipinski definition) is 3. The van der Waals surface area contributed by atoms with Crippen LogP contribution in [0.15, 0.2) is 29.3 Å². The first-order valence-corrected chi connectivity index (χ1v) is 10.0. The lowest BCUT2D eigenvalue weighted by Crippen LogP contribution is -2.38. The van der Waals surface area contributed by atoms with Crippen LogP contribution in [-0.2, 0) is 11.3 Å². The first-order chi connectivity index (χ1) is 13.1. The molecule has 1 aromatic carbocycles. The molecule has 1 aliphatic rings. The van der Waals surface area contributed by atoms with Crippen LogP contribution in [0, 0.1) is 0 Å². The zero-order valence-electron chi connectivity index (χ0n) is 17.0. The van der Waals surface area contributed by atoms with E-state index < -0.39 is 0 Å². The molecule has 1 aromatic rings. The summed E-state index contributed by atoms with van der Waals surface area (Å²) in [5.41, 5.74) is 1.77. The van der Waals surface area contributed by atoms with Gasteiger partial charge in [-0.25, -0.2) is 4.99 Å². The Kier molecular flexibility index (Phi) is 9.11. The summed E-state index contributed by atoms with van der Waals surface area (Å²) in [7, 11) is 3.52. The molecule has 1 fully saturated rings. The molecule has 0 unspecified atom stereocenters. The van der Waals surface area contributed by atoms with E-state index in [9.17, 15) is 4.79 Å². The summed E-state index contributed by atoms with van der Waals surface area (Å²) in [4.78, 5) is 18.1. The first kappa shape index (κ1) is 21.2. The number of nitrogens with zero attached hydrogens (tertiary/aromatic N) is 2. The highest BCUT2D eigenvalue weighted by atomic mass is 16.5. The van der Waals surface area contributed by atoms with Crippen LogP contribution in [0.5, 0.6) is 0 Å². The molecule has 27 heavy (non-hydrogen) atoms. The fourth-order valence-corrected chi connectivity index (χ4v) is 3.11. The summed E-state index contributed by atoms with van der Waals surface area (Å²) < 4.78 is 5.89. The van der Waals surface area contributed by atoms with Crippen molar-refractivity contribution in [1.29, 1.82) is 0 Å². The zero-order chi connectivity index (χ0) is 19.5. The van der Waals surface area contributed by atoms with Gasteiger partial charge in [-0.2, -0.15) is 0 Å². The number of aliphatic imine (C=N–C) groups is 1. The summed E-state index contributed by atoms with van der Waals surface area (Å²) in [5, 5.41) is 6.63. The SMILES string of the molecule is CCNC(=NCc1ccc(C(=O)N(C)C)cc1)NCCCOC1CCCC1. The van der Waals surface area contributed by atoms with Crippen LogP contribution in [0.1, 0.15) is 54.9 Å². The Morgan fingerprint density at radius 1 is 1.19 bits per heavy atom. The quantitative estimate of drug-likeness (QED) is 0.396. The van der Waals surface area contributed by atoms with E-state index in [0.29, 0.717) is 18.2 Å². The van der Waals surface area contributed by atoms with Gasteiger partial charge in [-0.05, 0) is 43.9 Å². The lowest BCUT2D eigenvalue weighted by atomic mass is 10.1. The number of guanidine groups is 1. The van der Waals surface area contributed by atoms with Gasteiger partial charge in [0.25, 0.3) is 5.91 Å². The highest BCUT2D eigenvalue weighted by molar-refractivity contribution is 5.93. The van der Waals surface area contributed by atoms with Crippen molar-refractivity contribution < 1.29 is 9.53 Å². The zero-order valence-corrected chi connectivity index (χ0v) is 17.0. The van der Waals surface area contributed by atoms with Gasteiger partial charge >= 0.3 is 0 Å². The third kappa shape index (κ3) is 7.59. The van der Waals surface area contributed by atoms with E-state index in [1.54, 1.807) is 19.0 Å². The lowest BCUT2D eigenvalue weighted by molar-refractivity contribution is 0.0574. The molecule has 1 saturated carbocycles. The standard InChI is InChI=1S/C21H34N4O2/c1-4-22-21(23-14-7-15-27-19-8-5-6-9-19)24-16-17-10-12-18(13-11-17)20(26)25(2)3/h10-13,19H,4-9,14-16H2,1-3H3,(H2,22,23,24). The predicted molar refractivity (Wildman–Crippen MR) is 110 cm³/mol. The topological polar surface area (TPSA) is 66.0 Å². The second-order valence-electron chi connectivity index (χ2n) is 7.15. The van der Waals surface area contributed by atoms with Gasteiger partial charge in [0.2, 0.25) is 0 Å². The summed E-state index contributed by atoms with van der Waals surface area (Å²) >= 11 is 0. The lowest BCUT2D eigenvalue weighted by Gasteiger charge is -2.13. The highest BCUT2D eigenvalue weighted by Gasteiger charge is 2.14. The van der Waals surface area contributed by atoms with Crippen LogP contribution in [0.2, 0.25) is 0 Å². The number of carbonyl (C=O) groups is 1. The monoisotopic (exact) mass is 374 g/mol. The van der Waals surface area contributed by atoms with E-state index >= 15 is 0 Å². The Bertz CT molecular complexity index is 593. The molecule has 0 radical (unpaired) electrons. The average molecular weight is 375 g/mol. The van der Waals surface area contributed by atoms with Gasteiger partial charge < -0.3 is 20.3 Å². The summed E-state index contributed by atoms with van der Waals surface area (Å²) in [6, 6.07) is 7.63. The number of carbonyl (C=O) groups excluding carboxylic acids is 1. The van der Waals surface area contributed by atoms with Crippen molar-refractivity contribution in [1.82, 2.24) is 15.5 Å². The van der Waals surface area contributed by atoms with Gasteiger partial charge in [-0.3, -0.25) is 4.79 Å². The second kappa shape index (κ2) is 11.6. The molecule has 0 aromatic heterocycles. The Morgan fingerprint density at radius 3 is 2.52 bits per heavy atom. The maximum absolute atomic E-state index is 11.9. The van der Waals surface area contributed by atoms with Crippen molar-refractivity contribution in [3.05, 3.63) is 35.4 Å². The van der Waals surface area contributed by atoms with Crippen molar-refractivity contribution in [2.45, 2.75) is 51.7 Å². The van der Waals surface area contributed by atoms with Gasteiger partial charge in [0.05, 0.1) is 12.6 Å². The van der Waals surface area contributed by atoms with Crippen LogP contribution in [0.25, 0.3) is 0 Å². The van der Waals surface area contributed by atoms with Crippen LogP contribution in [0.3, 0.4) is 0 Å². The maximum atomic E-state index is 11.9. The number of amides is 1. The molecular formula is C21H34N4O2. The molecule has 0 spiro atoms. The van der Waals surface area contributed by atoms with Gasteiger partial charge in [0.15, 0.2) is 5.96 Å². The maximum Gasteiger partial charge on any atom is 0.253 e. The van der Waals surface area contributed by atoms with Crippen molar-refractivity contribution >= 4 is 11.9 Å². The Hall–Kier alpha value is -2.08. The molecule has 0 saturated heterocycles. The van der Waals surface area contributed by atoms with Gasteiger partial charge in [0.1, 0.15) is 0 Å². The van der Waals surface area contributed by atoms with E-state index in [0.717, 1.165) is 37.6 Å². The van der Waals surface area contributed by atoms with Crippen LogP contribution < -0.4 is 10.6 Å². The molecule has 150 valence electrons. The second-order valence-corrected chi connectivity index (χ2v) is 7.15. The molecule has 1 amide bonds. The molecule has 0 atom stereocenters. The Balaban J connectivity index is 1.75. The molecule has 0 aliphatic heterocycles. The normalized spacial score (nSPS) is 15.0. The highest BCUT2D eigenvalue weighted by Crippen LogP contribution is 2.20. The Morgan fingerprint density at radius 2 is 1.89 bits per heavy atom. The first-order valence-electron chi connectivity index (χ1n) is 10.0. The van der Waals surface area contributed by atoms with Crippen molar-refractivity contribution in [2.24, 2.45) is 4.99 Å². The molecule has 6 heteroatoms. The molecule has 6 nitrogen and oxygen atoms in total. The van der Waals surface area contributed by atoms with Gasteiger partial charge in [-0.15, -0.1) is 0 Å². The number of hydrogen-bond donors (Lipinski definition) is 2.